The average molecular weight is 248 g/mol. The van der Waals surface area contributed by atoms with E-state index in [1.165, 1.54) is 12.6 Å². The molecule has 0 bridgehead atoms. The zero-order valence-electron chi connectivity index (χ0n) is 9.46. The summed E-state index contributed by atoms with van der Waals surface area (Å²) < 4.78 is 4.58. The van der Waals surface area contributed by atoms with E-state index in [-0.39, 0.29) is 5.91 Å². The minimum Gasteiger partial charge on any atom is -0.350 e. The van der Waals surface area contributed by atoms with E-state index >= 15 is 0 Å². The molecule has 2 heterocycles. The van der Waals surface area contributed by atoms with Gasteiger partial charge in [0.25, 0.3) is 5.91 Å². The standard InChI is InChI=1S/C10H12N6O2/c11-15-7-1-2-8(13-5-7)10(17)12-4-3-9-14-6-18-16-9/h1-2,5-6,15H,3-4,11H2,(H,12,17). The first-order valence-corrected chi connectivity index (χ1v) is 5.25. The number of nitrogens with one attached hydrogen (secondary N) is 2. The Kier molecular flexibility index (Phi) is 3.82. The molecular weight excluding hydrogens is 236 g/mol. The zero-order chi connectivity index (χ0) is 12.8. The summed E-state index contributed by atoms with van der Waals surface area (Å²) in [7, 11) is 0. The van der Waals surface area contributed by atoms with E-state index < -0.39 is 0 Å². The number of nitrogens with zero attached hydrogens (tertiary/aromatic N) is 3. The third kappa shape index (κ3) is 3.01. The van der Waals surface area contributed by atoms with Crippen LogP contribution in [-0.4, -0.2) is 27.6 Å². The van der Waals surface area contributed by atoms with Gasteiger partial charge < -0.3 is 15.3 Å². The number of anilines is 1. The molecule has 0 aromatic carbocycles. The van der Waals surface area contributed by atoms with Crippen molar-refractivity contribution < 1.29 is 9.32 Å². The number of amides is 1. The van der Waals surface area contributed by atoms with E-state index in [0.29, 0.717) is 30.2 Å². The quantitative estimate of drug-likeness (QED) is 0.492. The predicted molar refractivity (Wildman–Crippen MR) is 62.4 cm³/mol. The van der Waals surface area contributed by atoms with Gasteiger partial charge in [-0.1, -0.05) is 5.16 Å². The van der Waals surface area contributed by atoms with E-state index in [4.69, 9.17) is 5.84 Å². The summed E-state index contributed by atoms with van der Waals surface area (Å²) in [5.41, 5.74) is 3.39. The van der Waals surface area contributed by atoms with Gasteiger partial charge in [0.15, 0.2) is 5.82 Å². The van der Waals surface area contributed by atoms with Crippen LogP contribution in [0, 0.1) is 0 Å². The van der Waals surface area contributed by atoms with Crippen LogP contribution in [0.3, 0.4) is 0 Å². The zero-order valence-corrected chi connectivity index (χ0v) is 9.46. The Balaban J connectivity index is 1.83. The number of nitrogen functional groups attached to an aromatic ring is 1. The first kappa shape index (κ1) is 12.0. The molecule has 8 heteroatoms. The molecule has 0 saturated carbocycles. The van der Waals surface area contributed by atoms with Crippen molar-refractivity contribution in [1.29, 1.82) is 0 Å². The lowest BCUT2D eigenvalue weighted by atomic mass is 10.3. The molecule has 94 valence electrons. The number of carbonyl (C=O) groups is 1. The van der Waals surface area contributed by atoms with Crippen molar-refractivity contribution in [2.24, 2.45) is 5.84 Å². The maximum absolute atomic E-state index is 11.7. The lowest BCUT2D eigenvalue weighted by molar-refractivity contribution is 0.0949. The average Bonchev–Trinajstić information content (AvgIpc) is 2.92. The lowest BCUT2D eigenvalue weighted by Crippen LogP contribution is -2.26. The van der Waals surface area contributed by atoms with Crippen molar-refractivity contribution in [1.82, 2.24) is 20.4 Å². The molecule has 2 aromatic heterocycles. The minimum atomic E-state index is -0.262. The highest BCUT2D eigenvalue weighted by Gasteiger charge is 2.07. The van der Waals surface area contributed by atoms with Gasteiger partial charge in [0, 0.05) is 13.0 Å². The van der Waals surface area contributed by atoms with Crippen LogP contribution in [0.4, 0.5) is 5.69 Å². The molecule has 0 saturated heterocycles. The predicted octanol–water partition coefficient (Wildman–Crippen LogP) is -0.277. The second kappa shape index (κ2) is 5.73. The van der Waals surface area contributed by atoms with Crippen LogP contribution in [-0.2, 0) is 6.42 Å². The number of hydrogen-bond acceptors (Lipinski definition) is 7. The van der Waals surface area contributed by atoms with Crippen molar-refractivity contribution in [3.8, 4) is 0 Å². The molecule has 0 atom stereocenters. The maximum Gasteiger partial charge on any atom is 0.269 e. The number of nitrogens with two attached hydrogens (primary N) is 1. The van der Waals surface area contributed by atoms with E-state index in [1.54, 1.807) is 12.1 Å². The van der Waals surface area contributed by atoms with E-state index in [0.717, 1.165) is 0 Å². The largest absolute Gasteiger partial charge is 0.350 e. The number of hydrazine groups is 1. The summed E-state index contributed by atoms with van der Waals surface area (Å²) in [6.45, 7) is 0.414. The Morgan fingerprint density at radius 2 is 2.28 bits per heavy atom. The normalized spacial score (nSPS) is 10.1. The topological polar surface area (TPSA) is 119 Å². The van der Waals surface area contributed by atoms with E-state index in [9.17, 15) is 4.79 Å². The van der Waals surface area contributed by atoms with Crippen molar-refractivity contribution in [2.45, 2.75) is 6.42 Å². The second-order valence-corrected chi connectivity index (χ2v) is 3.43. The lowest BCUT2D eigenvalue weighted by Gasteiger charge is -2.04. The molecule has 8 nitrogen and oxygen atoms in total. The van der Waals surface area contributed by atoms with Gasteiger partial charge in [-0.25, -0.2) is 4.98 Å². The number of carbonyl (C=O) groups excluding carboxylic acids is 1. The maximum atomic E-state index is 11.7. The fraction of sp³-hybridized carbons (Fsp3) is 0.200. The number of aromatic nitrogens is 3. The molecule has 0 aliphatic heterocycles. The Labute approximate surface area is 103 Å². The first-order chi connectivity index (χ1) is 8.79. The first-order valence-electron chi connectivity index (χ1n) is 5.25. The van der Waals surface area contributed by atoms with Crippen molar-refractivity contribution in [2.75, 3.05) is 12.0 Å². The molecule has 2 aromatic rings. The smallest absolute Gasteiger partial charge is 0.269 e. The van der Waals surface area contributed by atoms with Crippen LogP contribution >= 0.6 is 0 Å². The molecule has 1 amide bonds. The van der Waals surface area contributed by atoms with Crippen LogP contribution in [0.15, 0.2) is 29.2 Å². The molecule has 0 fully saturated rings. The van der Waals surface area contributed by atoms with Gasteiger partial charge in [0.2, 0.25) is 6.39 Å². The number of pyridine rings is 1. The minimum absolute atomic E-state index is 0.262. The SMILES string of the molecule is NNc1ccc(C(=O)NCCc2ncon2)nc1. The van der Waals surface area contributed by atoms with Crippen LogP contribution in [0.2, 0.25) is 0 Å². The summed E-state index contributed by atoms with van der Waals surface area (Å²) in [5.74, 6) is 5.48. The molecule has 4 N–H and O–H groups in total. The van der Waals surface area contributed by atoms with E-state index in [2.05, 4.69) is 30.4 Å². The molecule has 0 unspecified atom stereocenters. The highest BCUT2D eigenvalue weighted by Crippen LogP contribution is 2.03. The summed E-state index contributed by atoms with van der Waals surface area (Å²) in [4.78, 5) is 19.5. The third-order valence-corrected chi connectivity index (χ3v) is 2.20. The van der Waals surface area contributed by atoms with Crippen LogP contribution in [0.25, 0.3) is 0 Å². The van der Waals surface area contributed by atoms with Crippen LogP contribution < -0.4 is 16.6 Å². The summed E-state index contributed by atoms with van der Waals surface area (Å²) in [6.07, 6.45) is 3.23. The van der Waals surface area contributed by atoms with Crippen molar-refractivity contribution >= 4 is 11.6 Å². The van der Waals surface area contributed by atoms with Gasteiger partial charge in [-0.05, 0) is 12.1 Å². The molecule has 2 rings (SSSR count). The molecule has 18 heavy (non-hydrogen) atoms. The van der Waals surface area contributed by atoms with Gasteiger partial charge >= 0.3 is 0 Å². The molecular formula is C10H12N6O2. The fourth-order valence-corrected chi connectivity index (χ4v) is 1.29. The van der Waals surface area contributed by atoms with Crippen LogP contribution in [0.1, 0.15) is 16.3 Å². The Hall–Kier alpha value is -2.48. The second-order valence-electron chi connectivity index (χ2n) is 3.43. The van der Waals surface area contributed by atoms with Crippen LogP contribution in [0.5, 0.6) is 0 Å². The Morgan fingerprint density at radius 3 is 2.89 bits per heavy atom. The molecule has 0 aliphatic carbocycles. The summed E-state index contributed by atoms with van der Waals surface area (Å²) >= 11 is 0. The van der Waals surface area contributed by atoms with Gasteiger partial charge in [0.1, 0.15) is 5.69 Å². The van der Waals surface area contributed by atoms with Gasteiger partial charge in [0.05, 0.1) is 11.9 Å². The van der Waals surface area contributed by atoms with Gasteiger partial charge in [-0.2, -0.15) is 4.98 Å². The molecule has 0 radical (unpaired) electrons. The van der Waals surface area contributed by atoms with Gasteiger partial charge in [-0.15, -0.1) is 0 Å². The third-order valence-electron chi connectivity index (χ3n) is 2.20. The van der Waals surface area contributed by atoms with Crippen molar-refractivity contribution in [3.05, 3.63) is 36.2 Å². The number of hydrogen-bond donors (Lipinski definition) is 3. The molecule has 0 spiro atoms. The summed E-state index contributed by atoms with van der Waals surface area (Å²) in [5, 5.41) is 6.33. The number of rotatable bonds is 5. The Morgan fingerprint density at radius 1 is 1.39 bits per heavy atom. The van der Waals surface area contributed by atoms with Gasteiger partial charge in [-0.3, -0.25) is 10.6 Å². The summed E-state index contributed by atoms with van der Waals surface area (Å²) in [6, 6.07) is 3.25. The van der Waals surface area contributed by atoms with E-state index in [1.807, 2.05) is 0 Å². The molecule has 0 aliphatic rings. The monoisotopic (exact) mass is 248 g/mol. The highest BCUT2D eigenvalue weighted by molar-refractivity contribution is 5.92. The fourth-order valence-electron chi connectivity index (χ4n) is 1.29. The Bertz CT molecular complexity index is 496. The van der Waals surface area contributed by atoms with Crippen molar-refractivity contribution in [3.63, 3.8) is 0 Å². The highest BCUT2D eigenvalue weighted by atomic mass is 16.5.